The van der Waals surface area contributed by atoms with Gasteiger partial charge in [0.15, 0.2) is 9.75 Å². The molecule has 1 aliphatic heterocycles. The third kappa shape index (κ3) is 2.35. The Labute approximate surface area is 169 Å². The number of allylic oxidation sites excluding steroid dienone is 3. The smallest absolute Gasteiger partial charge is 0.254 e. The number of benzene rings is 1. The van der Waals surface area contributed by atoms with Gasteiger partial charge in [-0.1, -0.05) is 40.7 Å². The average molecular weight is 461 g/mol. The molecule has 1 aromatic carbocycles. The molecule has 1 aliphatic carbocycles. The number of ether oxygens (including phenoxy) is 1. The van der Waals surface area contributed by atoms with Crippen LogP contribution in [0.4, 0.5) is 0 Å². The summed E-state index contributed by atoms with van der Waals surface area (Å²) in [5, 5.41) is 9.76. The van der Waals surface area contributed by atoms with E-state index in [-0.39, 0.29) is 17.6 Å². The summed E-state index contributed by atoms with van der Waals surface area (Å²) in [6, 6.07) is 4.49. The zero-order valence-corrected chi connectivity index (χ0v) is 16.9. The number of phenols is 1. The SMILES string of the molecule is C=CC1=CCC2(Cl)C(=O)N(CBr)C(=O)C2(Cl)C1c1ccc(O)cc1OC. The molecule has 0 bridgehead atoms. The monoisotopic (exact) mass is 459 g/mol. The van der Waals surface area contributed by atoms with Gasteiger partial charge >= 0.3 is 0 Å². The van der Waals surface area contributed by atoms with Crippen molar-refractivity contribution in [2.75, 3.05) is 12.6 Å². The molecule has 1 N–H and O–H groups in total. The fourth-order valence-corrected chi connectivity index (χ4v) is 4.99. The van der Waals surface area contributed by atoms with Crippen molar-refractivity contribution in [1.82, 2.24) is 4.90 Å². The van der Waals surface area contributed by atoms with Crippen LogP contribution in [0.3, 0.4) is 0 Å². The molecule has 26 heavy (non-hydrogen) atoms. The number of hydrogen-bond acceptors (Lipinski definition) is 4. The number of methoxy groups -OCH3 is 1. The van der Waals surface area contributed by atoms with Gasteiger partial charge in [-0.05, 0) is 18.1 Å². The van der Waals surface area contributed by atoms with Crippen LogP contribution in [0.2, 0.25) is 0 Å². The first-order valence-corrected chi connectivity index (χ1v) is 9.63. The van der Waals surface area contributed by atoms with Crippen LogP contribution in [-0.4, -0.2) is 44.1 Å². The molecule has 0 saturated carbocycles. The third-order valence-corrected chi connectivity index (χ3v) is 6.87. The number of aromatic hydroxyl groups is 1. The molecule has 2 amide bonds. The van der Waals surface area contributed by atoms with Gasteiger partial charge in [0.1, 0.15) is 11.5 Å². The third-order valence-electron chi connectivity index (χ3n) is 4.95. The number of imide groups is 1. The zero-order chi connectivity index (χ0) is 19.3. The predicted octanol–water partition coefficient (Wildman–Crippen LogP) is 3.68. The van der Waals surface area contributed by atoms with E-state index in [1.54, 1.807) is 18.2 Å². The van der Waals surface area contributed by atoms with E-state index in [2.05, 4.69) is 22.5 Å². The molecule has 0 aromatic heterocycles. The number of fused-ring (bicyclic) bond motifs is 1. The molecule has 1 aromatic rings. The lowest BCUT2D eigenvalue weighted by Crippen LogP contribution is -2.54. The average Bonchev–Trinajstić information content (AvgIpc) is 2.78. The summed E-state index contributed by atoms with van der Waals surface area (Å²) in [7, 11) is 1.44. The Balaban J connectivity index is 2.30. The molecule has 1 heterocycles. The highest BCUT2D eigenvalue weighted by atomic mass is 79.9. The molecule has 5 nitrogen and oxygen atoms in total. The summed E-state index contributed by atoms with van der Waals surface area (Å²) in [5.74, 6) is -1.56. The van der Waals surface area contributed by atoms with E-state index in [9.17, 15) is 14.7 Å². The summed E-state index contributed by atoms with van der Waals surface area (Å²) in [6.07, 6.45) is 3.46. The van der Waals surface area contributed by atoms with E-state index in [0.29, 0.717) is 16.9 Å². The maximum Gasteiger partial charge on any atom is 0.254 e. The fraction of sp³-hybridized carbons (Fsp3) is 0.333. The molecule has 2 aliphatic rings. The van der Waals surface area contributed by atoms with Crippen molar-refractivity contribution in [2.24, 2.45) is 0 Å². The van der Waals surface area contributed by atoms with E-state index in [0.717, 1.165) is 4.90 Å². The van der Waals surface area contributed by atoms with Crippen molar-refractivity contribution in [3.8, 4) is 11.5 Å². The lowest BCUT2D eigenvalue weighted by atomic mass is 9.68. The predicted molar refractivity (Wildman–Crippen MR) is 103 cm³/mol. The van der Waals surface area contributed by atoms with Gasteiger partial charge in [-0.2, -0.15) is 0 Å². The summed E-state index contributed by atoms with van der Waals surface area (Å²) < 4.78 is 5.37. The second-order valence-corrected chi connectivity index (χ2v) is 7.89. The molecule has 3 atom stereocenters. The number of amides is 2. The minimum absolute atomic E-state index is 0.00205. The Morgan fingerprint density at radius 2 is 2.12 bits per heavy atom. The van der Waals surface area contributed by atoms with Gasteiger partial charge in [-0.15, -0.1) is 23.2 Å². The second kappa shape index (κ2) is 6.59. The second-order valence-electron chi connectivity index (χ2n) is 6.14. The summed E-state index contributed by atoms with van der Waals surface area (Å²) in [4.78, 5) is 23.6. The van der Waals surface area contributed by atoms with Crippen molar-refractivity contribution in [1.29, 1.82) is 0 Å². The van der Waals surface area contributed by atoms with Gasteiger partial charge in [-0.3, -0.25) is 14.5 Å². The highest BCUT2D eigenvalue weighted by molar-refractivity contribution is 9.09. The molecular weight excluding hydrogens is 445 g/mol. The van der Waals surface area contributed by atoms with E-state index in [4.69, 9.17) is 27.9 Å². The van der Waals surface area contributed by atoms with E-state index in [1.807, 2.05) is 0 Å². The van der Waals surface area contributed by atoms with Crippen molar-refractivity contribution >= 4 is 50.9 Å². The summed E-state index contributed by atoms with van der Waals surface area (Å²) >= 11 is 16.8. The van der Waals surface area contributed by atoms with Crippen LogP contribution >= 0.6 is 39.1 Å². The van der Waals surface area contributed by atoms with Gasteiger partial charge in [0, 0.05) is 17.5 Å². The topological polar surface area (TPSA) is 66.8 Å². The highest BCUT2D eigenvalue weighted by Gasteiger charge is 2.72. The van der Waals surface area contributed by atoms with Gasteiger partial charge in [0.2, 0.25) is 0 Å². The van der Waals surface area contributed by atoms with Gasteiger partial charge < -0.3 is 9.84 Å². The van der Waals surface area contributed by atoms with E-state index >= 15 is 0 Å². The lowest BCUT2D eigenvalue weighted by Gasteiger charge is -2.42. The molecule has 0 radical (unpaired) electrons. The van der Waals surface area contributed by atoms with Crippen LogP contribution in [0.25, 0.3) is 0 Å². The first-order chi connectivity index (χ1) is 12.3. The Hall–Kier alpha value is -1.50. The number of alkyl halides is 3. The van der Waals surface area contributed by atoms with Crippen LogP contribution in [0.1, 0.15) is 17.9 Å². The number of carbonyl (C=O) groups excluding carboxylic acids is 2. The van der Waals surface area contributed by atoms with Gasteiger partial charge in [0.25, 0.3) is 11.8 Å². The molecule has 0 spiro atoms. The molecule has 8 heteroatoms. The summed E-state index contributed by atoms with van der Waals surface area (Å²) in [6.45, 7) is 3.81. The normalized spacial score (nSPS) is 30.8. The van der Waals surface area contributed by atoms with E-state index < -0.39 is 27.5 Å². The molecule has 1 fully saturated rings. The minimum Gasteiger partial charge on any atom is -0.508 e. The highest BCUT2D eigenvalue weighted by Crippen LogP contribution is 2.60. The largest absolute Gasteiger partial charge is 0.508 e. The Morgan fingerprint density at radius 1 is 1.42 bits per heavy atom. The maximum absolute atomic E-state index is 13.1. The number of rotatable bonds is 4. The quantitative estimate of drug-likeness (QED) is 0.422. The zero-order valence-electron chi connectivity index (χ0n) is 13.8. The molecular formula is C18H16BrCl2NO4. The summed E-state index contributed by atoms with van der Waals surface area (Å²) in [5.41, 5.74) is 1.20. The molecule has 1 saturated heterocycles. The molecule has 138 valence electrons. The van der Waals surface area contributed by atoms with Gasteiger partial charge in [0.05, 0.1) is 12.6 Å². The minimum atomic E-state index is -1.75. The Bertz CT molecular complexity index is 842. The molecule has 3 rings (SSSR count). The van der Waals surface area contributed by atoms with Crippen LogP contribution in [0.5, 0.6) is 11.5 Å². The Morgan fingerprint density at radius 3 is 2.69 bits per heavy atom. The van der Waals surface area contributed by atoms with Crippen LogP contribution in [0.15, 0.2) is 42.5 Å². The number of nitrogens with zero attached hydrogens (tertiary/aromatic N) is 1. The standard InChI is InChI=1S/C18H16BrCl2NO4/c1-3-10-6-7-17(20)15(24)22(9-19)16(25)18(17,21)14(10)12-5-4-11(23)8-13(12)26-2/h3-6,8,14,23H,1,7,9H2,2H3. The number of carbonyl (C=O) groups is 2. The van der Waals surface area contributed by atoms with Crippen molar-refractivity contribution < 1.29 is 19.4 Å². The van der Waals surface area contributed by atoms with Crippen LogP contribution < -0.4 is 4.74 Å². The number of halogens is 3. The first-order valence-electron chi connectivity index (χ1n) is 7.75. The lowest BCUT2D eigenvalue weighted by molar-refractivity contribution is -0.138. The number of phenolic OH excluding ortho intramolecular Hbond substituents is 1. The van der Waals surface area contributed by atoms with Crippen LogP contribution in [0, 0.1) is 0 Å². The van der Waals surface area contributed by atoms with Gasteiger partial charge in [-0.25, -0.2) is 0 Å². The molecule has 3 unspecified atom stereocenters. The first kappa shape index (κ1) is 19.3. The van der Waals surface area contributed by atoms with E-state index in [1.165, 1.54) is 19.2 Å². The maximum atomic E-state index is 13.1. The van der Waals surface area contributed by atoms with Crippen molar-refractivity contribution in [3.05, 3.63) is 48.1 Å². The van der Waals surface area contributed by atoms with Crippen molar-refractivity contribution in [2.45, 2.75) is 22.1 Å². The van der Waals surface area contributed by atoms with Crippen LogP contribution in [-0.2, 0) is 9.59 Å². The van der Waals surface area contributed by atoms with Crippen molar-refractivity contribution in [3.63, 3.8) is 0 Å². The number of hydrogen-bond donors (Lipinski definition) is 1. The fourth-order valence-electron chi connectivity index (χ4n) is 3.66. The number of likely N-dealkylation sites (tertiary alicyclic amines) is 1. The Kier molecular flexibility index (Phi) is 4.88.